The van der Waals surface area contributed by atoms with Crippen molar-refractivity contribution in [3.8, 4) is 0 Å². The van der Waals surface area contributed by atoms with Crippen LogP contribution < -0.4 is 11.3 Å². The number of nitrogens with one attached hydrogen (secondary N) is 1. The van der Waals surface area contributed by atoms with Crippen molar-refractivity contribution in [3.63, 3.8) is 0 Å². The Morgan fingerprint density at radius 2 is 2.25 bits per heavy atom. The zero-order chi connectivity index (χ0) is 14.7. The molecule has 3 atom stereocenters. The van der Waals surface area contributed by atoms with Gasteiger partial charge in [-0.15, -0.1) is 0 Å². The first-order valence-electron chi connectivity index (χ1n) is 7.70. The molecule has 1 aromatic heterocycles. The predicted octanol–water partition coefficient (Wildman–Crippen LogP) is 2.97. The van der Waals surface area contributed by atoms with Crippen molar-refractivity contribution in [2.24, 2.45) is 24.7 Å². The molecular formula is C15H27ClN4. The molecule has 3 N–H and O–H groups in total. The molecule has 1 aromatic rings. The van der Waals surface area contributed by atoms with Gasteiger partial charge in [-0.25, -0.2) is 0 Å². The van der Waals surface area contributed by atoms with Gasteiger partial charge in [-0.05, 0) is 38.0 Å². The van der Waals surface area contributed by atoms with Crippen molar-refractivity contribution in [3.05, 3.63) is 16.4 Å². The quantitative estimate of drug-likeness (QED) is 0.649. The summed E-state index contributed by atoms with van der Waals surface area (Å²) in [7, 11) is 1.89. The first-order valence-corrected chi connectivity index (χ1v) is 8.08. The van der Waals surface area contributed by atoms with Gasteiger partial charge in [-0.2, -0.15) is 5.10 Å². The Balaban J connectivity index is 2.08. The fraction of sp³-hybridized carbons (Fsp3) is 0.800. The van der Waals surface area contributed by atoms with Crippen LogP contribution in [0.4, 0.5) is 0 Å². The molecule has 0 aliphatic heterocycles. The number of aromatic nitrogens is 2. The molecule has 0 spiro atoms. The van der Waals surface area contributed by atoms with E-state index in [4.69, 9.17) is 17.4 Å². The van der Waals surface area contributed by atoms with E-state index in [2.05, 4.69) is 17.4 Å². The van der Waals surface area contributed by atoms with Crippen LogP contribution in [0.1, 0.15) is 50.3 Å². The van der Waals surface area contributed by atoms with Crippen molar-refractivity contribution in [1.29, 1.82) is 0 Å². The minimum atomic E-state index is 0.296. The zero-order valence-corrected chi connectivity index (χ0v) is 13.6. The topological polar surface area (TPSA) is 55.9 Å². The van der Waals surface area contributed by atoms with Gasteiger partial charge in [0.25, 0.3) is 0 Å². The van der Waals surface area contributed by atoms with E-state index in [-0.39, 0.29) is 0 Å². The normalized spacial score (nSPS) is 24.9. The lowest BCUT2D eigenvalue weighted by Gasteiger charge is -2.34. The number of hydrogen-bond acceptors (Lipinski definition) is 3. The number of nitrogens with zero attached hydrogens (tertiary/aromatic N) is 2. The fourth-order valence-corrected chi connectivity index (χ4v) is 3.81. The highest BCUT2D eigenvalue weighted by atomic mass is 35.5. The summed E-state index contributed by atoms with van der Waals surface area (Å²) in [5, 5.41) is 5.13. The van der Waals surface area contributed by atoms with Gasteiger partial charge in [0, 0.05) is 18.7 Å². The van der Waals surface area contributed by atoms with Crippen LogP contribution in [0.5, 0.6) is 0 Å². The maximum absolute atomic E-state index is 6.34. The molecule has 0 bridgehead atoms. The summed E-state index contributed by atoms with van der Waals surface area (Å²) in [6.07, 6.45) is 7.39. The molecule has 0 amide bonds. The van der Waals surface area contributed by atoms with Gasteiger partial charge in [-0.3, -0.25) is 16.0 Å². The smallest absolute Gasteiger partial charge is 0.130 e. The molecule has 5 heteroatoms. The third-order valence-corrected chi connectivity index (χ3v) is 5.35. The molecule has 114 valence electrons. The Morgan fingerprint density at radius 3 is 2.80 bits per heavy atom. The van der Waals surface area contributed by atoms with Gasteiger partial charge in [0.15, 0.2) is 0 Å². The molecule has 1 heterocycles. The molecule has 0 radical (unpaired) electrons. The summed E-state index contributed by atoms with van der Waals surface area (Å²) < 4.78 is 1.75. The first kappa shape index (κ1) is 15.8. The van der Waals surface area contributed by atoms with E-state index in [1.807, 2.05) is 14.0 Å². The van der Waals surface area contributed by atoms with Crippen LogP contribution >= 0.6 is 11.6 Å². The summed E-state index contributed by atoms with van der Waals surface area (Å²) >= 11 is 6.34. The second-order valence-electron chi connectivity index (χ2n) is 6.16. The Bertz CT molecular complexity index is 443. The summed E-state index contributed by atoms with van der Waals surface area (Å²) in [6.45, 7) is 4.31. The van der Waals surface area contributed by atoms with Crippen molar-refractivity contribution in [2.45, 2.75) is 58.4 Å². The molecule has 0 saturated heterocycles. The standard InChI is InChI=1S/C15H27ClN4/c1-4-11-6-5-7-12(8-11)14(18-17)9-13-10(2)19-20(3)15(13)16/h11-12,14,18H,4-9,17H2,1-3H3. The predicted molar refractivity (Wildman–Crippen MR) is 83.5 cm³/mol. The lowest BCUT2D eigenvalue weighted by atomic mass is 9.75. The fourth-order valence-electron chi connectivity index (χ4n) is 3.56. The Morgan fingerprint density at radius 1 is 1.50 bits per heavy atom. The van der Waals surface area contributed by atoms with Gasteiger partial charge in [0.1, 0.15) is 5.15 Å². The van der Waals surface area contributed by atoms with Crippen molar-refractivity contribution in [1.82, 2.24) is 15.2 Å². The van der Waals surface area contributed by atoms with E-state index < -0.39 is 0 Å². The lowest BCUT2D eigenvalue weighted by molar-refractivity contribution is 0.208. The van der Waals surface area contributed by atoms with Crippen LogP contribution in [0.2, 0.25) is 5.15 Å². The largest absolute Gasteiger partial charge is 0.271 e. The van der Waals surface area contributed by atoms with Gasteiger partial charge in [-0.1, -0.05) is 37.8 Å². The number of halogens is 1. The SMILES string of the molecule is CCC1CCCC(C(Cc2c(C)nn(C)c2Cl)NN)C1. The van der Waals surface area contributed by atoms with Crippen molar-refractivity contribution < 1.29 is 0 Å². The molecule has 1 aliphatic rings. The van der Waals surface area contributed by atoms with Crippen LogP contribution in [0.25, 0.3) is 0 Å². The van der Waals surface area contributed by atoms with Crippen LogP contribution in [0.3, 0.4) is 0 Å². The molecule has 1 aliphatic carbocycles. The first-order chi connectivity index (χ1) is 9.56. The molecule has 4 nitrogen and oxygen atoms in total. The van der Waals surface area contributed by atoms with Crippen molar-refractivity contribution >= 4 is 11.6 Å². The highest BCUT2D eigenvalue weighted by Gasteiger charge is 2.28. The minimum Gasteiger partial charge on any atom is -0.271 e. The third-order valence-electron chi connectivity index (χ3n) is 4.88. The maximum atomic E-state index is 6.34. The summed E-state index contributed by atoms with van der Waals surface area (Å²) in [5.74, 6) is 7.33. The number of nitrogens with two attached hydrogens (primary N) is 1. The summed E-state index contributed by atoms with van der Waals surface area (Å²) in [6, 6.07) is 0.296. The highest BCUT2D eigenvalue weighted by molar-refractivity contribution is 6.30. The molecule has 0 aromatic carbocycles. The number of hydrogen-bond donors (Lipinski definition) is 2. The second-order valence-corrected chi connectivity index (χ2v) is 6.51. The van der Waals surface area contributed by atoms with Gasteiger partial charge in [0.05, 0.1) is 5.69 Å². The van der Waals surface area contributed by atoms with E-state index >= 15 is 0 Å². The second kappa shape index (κ2) is 6.92. The Hall–Kier alpha value is -0.580. The zero-order valence-electron chi connectivity index (χ0n) is 12.8. The van der Waals surface area contributed by atoms with E-state index in [1.54, 1.807) is 4.68 Å². The summed E-state index contributed by atoms with van der Waals surface area (Å²) in [5.41, 5.74) is 5.18. The van der Waals surface area contributed by atoms with Gasteiger partial charge < -0.3 is 0 Å². The molecule has 1 saturated carbocycles. The van der Waals surface area contributed by atoms with E-state index in [0.717, 1.165) is 28.7 Å². The van der Waals surface area contributed by atoms with Crippen LogP contribution in [-0.4, -0.2) is 15.8 Å². The molecule has 2 rings (SSSR count). The Kier molecular flexibility index (Phi) is 5.47. The monoisotopic (exact) mass is 298 g/mol. The molecular weight excluding hydrogens is 272 g/mol. The highest BCUT2D eigenvalue weighted by Crippen LogP contribution is 2.34. The number of hydrazine groups is 1. The average Bonchev–Trinajstić information content (AvgIpc) is 2.70. The van der Waals surface area contributed by atoms with Gasteiger partial charge >= 0.3 is 0 Å². The third kappa shape index (κ3) is 3.35. The van der Waals surface area contributed by atoms with Crippen LogP contribution in [0, 0.1) is 18.8 Å². The Labute approximate surface area is 127 Å². The number of rotatable bonds is 5. The van der Waals surface area contributed by atoms with Crippen LogP contribution in [0.15, 0.2) is 0 Å². The van der Waals surface area contributed by atoms with Crippen molar-refractivity contribution in [2.75, 3.05) is 0 Å². The average molecular weight is 299 g/mol. The molecule has 20 heavy (non-hydrogen) atoms. The van der Waals surface area contributed by atoms with Gasteiger partial charge in [0.2, 0.25) is 0 Å². The lowest BCUT2D eigenvalue weighted by Crippen LogP contribution is -2.44. The number of aryl methyl sites for hydroxylation is 2. The van der Waals surface area contributed by atoms with E-state index in [9.17, 15) is 0 Å². The molecule has 1 fully saturated rings. The maximum Gasteiger partial charge on any atom is 0.130 e. The summed E-state index contributed by atoms with van der Waals surface area (Å²) in [4.78, 5) is 0. The van der Waals surface area contributed by atoms with E-state index in [1.165, 1.54) is 32.1 Å². The molecule has 3 unspecified atom stereocenters. The van der Waals surface area contributed by atoms with Crippen LogP contribution in [-0.2, 0) is 13.5 Å². The minimum absolute atomic E-state index is 0.296. The van der Waals surface area contributed by atoms with E-state index in [0.29, 0.717) is 12.0 Å².